The number of sulfonamides is 1. The highest BCUT2D eigenvalue weighted by molar-refractivity contribution is 7.88. The van der Waals surface area contributed by atoms with Gasteiger partial charge in [-0.05, 0) is 30.0 Å². The van der Waals surface area contributed by atoms with Crippen LogP contribution in [0.2, 0.25) is 0 Å². The number of benzene rings is 1. The third-order valence-electron chi connectivity index (χ3n) is 3.04. The van der Waals surface area contributed by atoms with Gasteiger partial charge < -0.3 is 4.90 Å². The van der Waals surface area contributed by atoms with Crippen LogP contribution >= 0.6 is 0 Å². The van der Waals surface area contributed by atoms with Gasteiger partial charge in [-0.25, -0.2) is 17.5 Å². The molecule has 1 atom stereocenters. The SMILES string of the molecule is CC(C)CC(NS(=O)(=O)Cc1ccc(F)cc1)C(=O)N(C)C. The van der Waals surface area contributed by atoms with Crippen LogP contribution in [0.15, 0.2) is 24.3 Å². The molecule has 7 heteroatoms. The molecule has 1 rings (SSSR count). The van der Waals surface area contributed by atoms with Crippen molar-refractivity contribution in [1.29, 1.82) is 0 Å². The molecule has 1 amide bonds. The largest absolute Gasteiger partial charge is 0.347 e. The number of halogens is 1. The molecule has 1 aromatic carbocycles. The molecule has 124 valence electrons. The molecule has 0 heterocycles. The normalized spacial score (nSPS) is 13.2. The summed E-state index contributed by atoms with van der Waals surface area (Å²) in [4.78, 5) is 13.5. The summed E-state index contributed by atoms with van der Waals surface area (Å²) < 4.78 is 39.8. The van der Waals surface area contributed by atoms with Gasteiger partial charge in [0.05, 0.1) is 5.75 Å². The summed E-state index contributed by atoms with van der Waals surface area (Å²) in [5, 5.41) is 0. The first-order valence-electron chi connectivity index (χ1n) is 7.06. The predicted molar refractivity (Wildman–Crippen MR) is 84.1 cm³/mol. The van der Waals surface area contributed by atoms with Crippen molar-refractivity contribution in [2.45, 2.75) is 32.1 Å². The van der Waals surface area contributed by atoms with Gasteiger partial charge in [0.1, 0.15) is 11.9 Å². The fraction of sp³-hybridized carbons (Fsp3) is 0.533. The van der Waals surface area contributed by atoms with Gasteiger partial charge in [-0.2, -0.15) is 0 Å². The smallest absolute Gasteiger partial charge is 0.240 e. The Morgan fingerprint density at radius 2 is 1.77 bits per heavy atom. The van der Waals surface area contributed by atoms with Crippen LogP contribution in [-0.2, 0) is 20.6 Å². The van der Waals surface area contributed by atoms with Crippen LogP contribution in [0.3, 0.4) is 0 Å². The zero-order valence-corrected chi connectivity index (χ0v) is 14.2. The number of nitrogens with one attached hydrogen (secondary N) is 1. The van der Waals surface area contributed by atoms with Crippen molar-refractivity contribution < 1.29 is 17.6 Å². The molecule has 0 radical (unpaired) electrons. The zero-order chi connectivity index (χ0) is 16.9. The molecule has 22 heavy (non-hydrogen) atoms. The molecule has 1 N–H and O–H groups in total. The summed E-state index contributed by atoms with van der Waals surface area (Å²) in [5.41, 5.74) is 0.467. The number of hydrogen-bond donors (Lipinski definition) is 1. The van der Waals surface area contributed by atoms with Gasteiger partial charge in [-0.15, -0.1) is 0 Å². The molecule has 0 saturated heterocycles. The lowest BCUT2D eigenvalue weighted by atomic mass is 10.0. The Morgan fingerprint density at radius 3 is 2.23 bits per heavy atom. The van der Waals surface area contributed by atoms with E-state index in [2.05, 4.69) is 4.72 Å². The van der Waals surface area contributed by atoms with Crippen LogP contribution in [0, 0.1) is 11.7 Å². The van der Waals surface area contributed by atoms with Crippen LogP contribution < -0.4 is 4.72 Å². The third-order valence-corrected chi connectivity index (χ3v) is 4.39. The van der Waals surface area contributed by atoms with Crippen molar-refractivity contribution >= 4 is 15.9 Å². The minimum absolute atomic E-state index is 0.169. The van der Waals surface area contributed by atoms with Gasteiger partial charge in [0.15, 0.2) is 0 Å². The summed E-state index contributed by atoms with van der Waals surface area (Å²) in [6.45, 7) is 3.84. The monoisotopic (exact) mass is 330 g/mol. The van der Waals surface area contributed by atoms with E-state index < -0.39 is 21.9 Å². The second-order valence-electron chi connectivity index (χ2n) is 5.92. The van der Waals surface area contributed by atoms with E-state index in [1.807, 2.05) is 13.8 Å². The summed E-state index contributed by atoms with van der Waals surface area (Å²) in [7, 11) is -0.516. The third kappa shape index (κ3) is 6.11. The van der Waals surface area contributed by atoms with E-state index in [0.29, 0.717) is 12.0 Å². The molecule has 5 nitrogen and oxygen atoms in total. The molecule has 0 aliphatic carbocycles. The number of carbonyl (C=O) groups excluding carboxylic acids is 1. The number of nitrogens with zero attached hydrogens (tertiary/aromatic N) is 1. The second-order valence-corrected chi connectivity index (χ2v) is 7.67. The van der Waals surface area contributed by atoms with E-state index in [1.165, 1.54) is 29.2 Å². The van der Waals surface area contributed by atoms with Crippen molar-refractivity contribution in [3.8, 4) is 0 Å². The van der Waals surface area contributed by atoms with E-state index in [9.17, 15) is 17.6 Å². The maximum Gasteiger partial charge on any atom is 0.240 e. The highest BCUT2D eigenvalue weighted by atomic mass is 32.2. The molecular weight excluding hydrogens is 307 g/mol. The van der Waals surface area contributed by atoms with E-state index in [0.717, 1.165) is 0 Å². The summed E-state index contributed by atoms with van der Waals surface area (Å²) in [6, 6.07) is 4.46. The van der Waals surface area contributed by atoms with Crippen LogP contribution in [0.5, 0.6) is 0 Å². The summed E-state index contributed by atoms with van der Waals surface area (Å²) >= 11 is 0. The first kappa shape index (κ1) is 18.6. The highest BCUT2D eigenvalue weighted by Crippen LogP contribution is 2.11. The highest BCUT2D eigenvalue weighted by Gasteiger charge is 2.26. The van der Waals surface area contributed by atoms with Gasteiger partial charge in [0.25, 0.3) is 0 Å². The standard InChI is InChI=1S/C15H23FN2O3S/c1-11(2)9-14(15(19)18(3)4)17-22(20,21)10-12-5-7-13(16)8-6-12/h5-8,11,14,17H,9-10H2,1-4H3. The lowest BCUT2D eigenvalue weighted by Crippen LogP contribution is -2.47. The lowest BCUT2D eigenvalue weighted by Gasteiger charge is -2.23. The molecule has 1 unspecified atom stereocenters. The predicted octanol–water partition coefficient (Wildman–Crippen LogP) is 1.75. The van der Waals surface area contributed by atoms with Gasteiger partial charge in [-0.1, -0.05) is 26.0 Å². The Hall–Kier alpha value is -1.47. The molecular formula is C15H23FN2O3S. The van der Waals surface area contributed by atoms with Crippen molar-refractivity contribution in [2.75, 3.05) is 14.1 Å². The van der Waals surface area contributed by atoms with Crippen LogP contribution in [-0.4, -0.2) is 39.4 Å². The Kier molecular flexibility index (Phi) is 6.49. The topological polar surface area (TPSA) is 66.5 Å². The van der Waals surface area contributed by atoms with E-state index >= 15 is 0 Å². The molecule has 0 fully saturated rings. The van der Waals surface area contributed by atoms with E-state index in [1.54, 1.807) is 14.1 Å². The maximum absolute atomic E-state index is 12.9. The van der Waals surface area contributed by atoms with Crippen molar-refractivity contribution in [3.63, 3.8) is 0 Å². The summed E-state index contributed by atoms with van der Waals surface area (Å²) in [5.74, 6) is -0.823. The molecule has 0 aromatic heterocycles. The van der Waals surface area contributed by atoms with Crippen molar-refractivity contribution in [3.05, 3.63) is 35.6 Å². The van der Waals surface area contributed by atoms with Crippen LogP contribution in [0.25, 0.3) is 0 Å². The molecule has 0 saturated carbocycles. The Morgan fingerprint density at radius 1 is 1.23 bits per heavy atom. The van der Waals surface area contributed by atoms with Crippen LogP contribution in [0.4, 0.5) is 4.39 Å². The quantitative estimate of drug-likeness (QED) is 0.828. The Balaban J connectivity index is 2.85. The first-order valence-corrected chi connectivity index (χ1v) is 8.71. The molecule has 0 bridgehead atoms. The average Bonchev–Trinajstić information content (AvgIpc) is 2.38. The van der Waals surface area contributed by atoms with Crippen molar-refractivity contribution in [1.82, 2.24) is 9.62 Å². The van der Waals surface area contributed by atoms with Gasteiger partial charge in [-0.3, -0.25) is 4.79 Å². The lowest BCUT2D eigenvalue weighted by molar-refractivity contribution is -0.130. The van der Waals surface area contributed by atoms with Gasteiger partial charge >= 0.3 is 0 Å². The molecule has 0 spiro atoms. The number of amides is 1. The first-order chi connectivity index (χ1) is 10.1. The average molecular weight is 330 g/mol. The second kappa shape index (κ2) is 7.69. The summed E-state index contributed by atoms with van der Waals surface area (Å²) in [6.07, 6.45) is 0.416. The van der Waals surface area contributed by atoms with Crippen molar-refractivity contribution in [2.24, 2.45) is 5.92 Å². The van der Waals surface area contributed by atoms with E-state index in [-0.39, 0.29) is 17.6 Å². The number of likely N-dealkylation sites (N-methyl/N-ethyl adjacent to an activating group) is 1. The molecule has 0 aliphatic heterocycles. The number of carbonyl (C=O) groups is 1. The number of rotatable bonds is 7. The Labute approximate surface area is 131 Å². The fourth-order valence-electron chi connectivity index (χ4n) is 2.04. The van der Waals surface area contributed by atoms with Crippen LogP contribution in [0.1, 0.15) is 25.8 Å². The minimum atomic E-state index is -3.69. The zero-order valence-electron chi connectivity index (χ0n) is 13.3. The number of hydrogen-bond acceptors (Lipinski definition) is 3. The van der Waals surface area contributed by atoms with E-state index in [4.69, 9.17) is 0 Å². The van der Waals surface area contributed by atoms with Gasteiger partial charge in [0.2, 0.25) is 15.9 Å². The van der Waals surface area contributed by atoms with Gasteiger partial charge in [0, 0.05) is 14.1 Å². The maximum atomic E-state index is 12.9. The fourth-order valence-corrected chi connectivity index (χ4v) is 3.39. The Bertz CT molecular complexity index is 598. The molecule has 1 aromatic rings. The molecule has 0 aliphatic rings. The minimum Gasteiger partial charge on any atom is -0.347 e.